The highest BCUT2D eigenvalue weighted by Crippen LogP contribution is 2.19. The molecule has 0 aliphatic heterocycles. The summed E-state index contributed by atoms with van der Waals surface area (Å²) >= 11 is 1.51. The summed E-state index contributed by atoms with van der Waals surface area (Å²) in [6.45, 7) is 3.77. The number of tetrazole rings is 1. The first kappa shape index (κ1) is 13.4. The lowest BCUT2D eigenvalue weighted by atomic mass is 10.2. The largest absolute Gasteiger partial charge is 0.321 e. The zero-order valence-electron chi connectivity index (χ0n) is 11.4. The normalized spacial score (nSPS) is 10.6. The second-order valence-electron chi connectivity index (χ2n) is 4.40. The molecule has 0 aliphatic carbocycles. The highest BCUT2D eigenvalue weighted by molar-refractivity contribution is 7.11. The van der Waals surface area contributed by atoms with Crippen LogP contribution in [0.1, 0.15) is 20.4 Å². The first-order valence-corrected chi connectivity index (χ1v) is 7.04. The van der Waals surface area contributed by atoms with Crippen LogP contribution >= 0.6 is 11.3 Å². The minimum absolute atomic E-state index is 0.217. The molecule has 0 fully saturated rings. The highest BCUT2D eigenvalue weighted by atomic mass is 32.1. The third-order valence-corrected chi connectivity index (χ3v) is 3.72. The number of carbonyl (C=O) groups is 1. The molecule has 2 aromatic heterocycles. The summed E-state index contributed by atoms with van der Waals surface area (Å²) in [5, 5.41) is 14.7. The standard InChI is InChI=1S/C13H12N6OS/c1-8-12(15-9(2)21-8)13(20)16-10-4-3-5-11(6-10)19-7-14-17-18-19/h3-7H,1-2H3,(H,16,20). The summed E-state index contributed by atoms with van der Waals surface area (Å²) in [6.07, 6.45) is 1.49. The van der Waals surface area contributed by atoms with Crippen LogP contribution in [0.3, 0.4) is 0 Å². The molecule has 0 radical (unpaired) electrons. The van der Waals surface area contributed by atoms with E-state index in [1.54, 1.807) is 12.1 Å². The Labute approximate surface area is 124 Å². The molecule has 1 amide bonds. The summed E-state index contributed by atoms with van der Waals surface area (Å²) in [6, 6.07) is 7.28. The van der Waals surface area contributed by atoms with Crippen LogP contribution in [0, 0.1) is 13.8 Å². The molecule has 2 heterocycles. The molecular formula is C13H12N6OS. The zero-order valence-corrected chi connectivity index (χ0v) is 12.3. The predicted octanol–water partition coefficient (Wildman–Crippen LogP) is 1.99. The molecule has 8 heteroatoms. The summed E-state index contributed by atoms with van der Waals surface area (Å²) in [4.78, 5) is 17.4. The molecule has 7 nitrogen and oxygen atoms in total. The van der Waals surface area contributed by atoms with Crippen molar-refractivity contribution in [3.63, 3.8) is 0 Å². The fourth-order valence-corrected chi connectivity index (χ4v) is 2.75. The monoisotopic (exact) mass is 300 g/mol. The van der Waals surface area contributed by atoms with Gasteiger partial charge in [0.1, 0.15) is 12.0 Å². The van der Waals surface area contributed by atoms with Gasteiger partial charge in [0, 0.05) is 10.6 Å². The summed E-state index contributed by atoms with van der Waals surface area (Å²) < 4.78 is 1.52. The van der Waals surface area contributed by atoms with Crippen molar-refractivity contribution in [3.05, 3.63) is 46.2 Å². The molecule has 0 bridgehead atoms. The fourth-order valence-electron chi connectivity index (χ4n) is 1.94. The van der Waals surface area contributed by atoms with E-state index in [4.69, 9.17) is 0 Å². The van der Waals surface area contributed by atoms with Gasteiger partial charge in [0.25, 0.3) is 5.91 Å². The van der Waals surface area contributed by atoms with Crippen molar-refractivity contribution in [2.24, 2.45) is 0 Å². The van der Waals surface area contributed by atoms with E-state index in [-0.39, 0.29) is 5.91 Å². The number of thiazole rings is 1. The van der Waals surface area contributed by atoms with Gasteiger partial charge in [-0.1, -0.05) is 6.07 Å². The van der Waals surface area contributed by atoms with Crippen molar-refractivity contribution in [2.45, 2.75) is 13.8 Å². The third kappa shape index (κ3) is 2.79. The van der Waals surface area contributed by atoms with Crippen molar-refractivity contribution in [1.29, 1.82) is 0 Å². The number of hydrogen-bond donors (Lipinski definition) is 1. The topological polar surface area (TPSA) is 85.6 Å². The molecule has 1 N–H and O–H groups in total. The van der Waals surface area contributed by atoms with E-state index in [1.165, 1.54) is 22.3 Å². The molecule has 0 atom stereocenters. The number of aryl methyl sites for hydroxylation is 2. The van der Waals surface area contributed by atoms with Crippen LogP contribution < -0.4 is 5.32 Å². The van der Waals surface area contributed by atoms with E-state index < -0.39 is 0 Å². The zero-order chi connectivity index (χ0) is 14.8. The van der Waals surface area contributed by atoms with Crippen molar-refractivity contribution in [2.75, 3.05) is 5.32 Å². The second-order valence-corrected chi connectivity index (χ2v) is 5.80. The Kier molecular flexibility index (Phi) is 3.44. The van der Waals surface area contributed by atoms with Crippen LogP contribution in [0.4, 0.5) is 5.69 Å². The van der Waals surface area contributed by atoms with Crippen LogP contribution in [-0.2, 0) is 0 Å². The number of anilines is 1. The third-order valence-electron chi connectivity index (χ3n) is 2.84. The lowest BCUT2D eigenvalue weighted by Crippen LogP contribution is -2.13. The minimum atomic E-state index is -0.217. The van der Waals surface area contributed by atoms with E-state index in [2.05, 4.69) is 25.8 Å². The quantitative estimate of drug-likeness (QED) is 0.799. The fraction of sp³-hybridized carbons (Fsp3) is 0.154. The average molecular weight is 300 g/mol. The number of nitrogens with zero attached hydrogens (tertiary/aromatic N) is 5. The van der Waals surface area contributed by atoms with Crippen LogP contribution in [0.5, 0.6) is 0 Å². The Bertz CT molecular complexity index is 780. The second kappa shape index (κ2) is 5.41. The first-order valence-electron chi connectivity index (χ1n) is 6.22. The number of hydrogen-bond acceptors (Lipinski definition) is 6. The molecular weight excluding hydrogens is 288 g/mol. The molecule has 3 aromatic rings. The van der Waals surface area contributed by atoms with E-state index >= 15 is 0 Å². The lowest BCUT2D eigenvalue weighted by molar-refractivity contribution is 0.102. The minimum Gasteiger partial charge on any atom is -0.321 e. The average Bonchev–Trinajstić information content (AvgIpc) is 3.08. The smallest absolute Gasteiger partial charge is 0.275 e. The van der Waals surface area contributed by atoms with Crippen LogP contribution in [0.25, 0.3) is 5.69 Å². The van der Waals surface area contributed by atoms with Gasteiger partial charge in [0.2, 0.25) is 0 Å². The van der Waals surface area contributed by atoms with E-state index in [1.807, 2.05) is 26.0 Å². The van der Waals surface area contributed by atoms with Crippen molar-refractivity contribution in [1.82, 2.24) is 25.2 Å². The van der Waals surface area contributed by atoms with Gasteiger partial charge in [0.15, 0.2) is 0 Å². The Morgan fingerprint density at radius 1 is 1.33 bits per heavy atom. The molecule has 0 saturated heterocycles. The molecule has 0 saturated carbocycles. The molecule has 1 aromatic carbocycles. The van der Waals surface area contributed by atoms with E-state index in [9.17, 15) is 4.79 Å². The number of aromatic nitrogens is 5. The summed E-state index contributed by atoms with van der Waals surface area (Å²) in [5.41, 5.74) is 1.90. The van der Waals surface area contributed by atoms with Crippen molar-refractivity contribution >= 4 is 22.9 Å². The Morgan fingerprint density at radius 3 is 2.86 bits per heavy atom. The lowest BCUT2D eigenvalue weighted by Gasteiger charge is -2.06. The highest BCUT2D eigenvalue weighted by Gasteiger charge is 2.14. The first-order chi connectivity index (χ1) is 10.1. The van der Waals surface area contributed by atoms with Gasteiger partial charge in [-0.3, -0.25) is 4.79 Å². The Hall–Kier alpha value is -2.61. The Balaban J connectivity index is 1.84. The van der Waals surface area contributed by atoms with Gasteiger partial charge in [-0.15, -0.1) is 16.4 Å². The van der Waals surface area contributed by atoms with Crippen molar-refractivity contribution in [3.8, 4) is 5.69 Å². The maximum atomic E-state index is 12.2. The van der Waals surface area contributed by atoms with Gasteiger partial charge in [-0.25, -0.2) is 9.67 Å². The van der Waals surface area contributed by atoms with Gasteiger partial charge < -0.3 is 5.32 Å². The molecule has 0 unspecified atom stereocenters. The number of rotatable bonds is 3. The molecule has 106 valence electrons. The molecule has 0 spiro atoms. The van der Waals surface area contributed by atoms with Gasteiger partial charge >= 0.3 is 0 Å². The van der Waals surface area contributed by atoms with Crippen LogP contribution in [0.15, 0.2) is 30.6 Å². The summed E-state index contributed by atoms with van der Waals surface area (Å²) in [5.74, 6) is -0.217. The molecule has 3 rings (SSSR count). The molecule has 21 heavy (non-hydrogen) atoms. The van der Waals surface area contributed by atoms with Gasteiger partial charge in [-0.2, -0.15) is 0 Å². The van der Waals surface area contributed by atoms with Crippen molar-refractivity contribution < 1.29 is 4.79 Å². The number of amides is 1. The number of carbonyl (C=O) groups excluding carboxylic acids is 1. The number of benzene rings is 1. The van der Waals surface area contributed by atoms with Crippen LogP contribution in [-0.4, -0.2) is 31.1 Å². The van der Waals surface area contributed by atoms with Gasteiger partial charge in [-0.05, 0) is 42.5 Å². The maximum absolute atomic E-state index is 12.2. The predicted molar refractivity (Wildman–Crippen MR) is 78.7 cm³/mol. The summed E-state index contributed by atoms with van der Waals surface area (Å²) in [7, 11) is 0. The van der Waals surface area contributed by atoms with E-state index in [0.29, 0.717) is 11.4 Å². The number of nitrogens with one attached hydrogen (secondary N) is 1. The SMILES string of the molecule is Cc1nc(C(=O)Nc2cccc(-n3cnnn3)c2)c(C)s1. The molecule has 0 aliphatic rings. The van der Waals surface area contributed by atoms with E-state index in [0.717, 1.165) is 15.6 Å². The van der Waals surface area contributed by atoms with Gasteiger partial charge in [0.05, 0.1) is 10.7 Å². The maximum Gasteiger partial charge on any atom is 0.275 e. The van der Waals surface area contributed by atoms with Crippen LogP contribution in [0.2, 0.25) is 0 Å². The Morgan fingerprint density at radius 2 is 2.19 bits per heavy atom.